The molecule has 20 heavy (non-hydrogen) atoms. The fraction of sp³-hybridized carbons (Fsp3) is 0.500. The number of benzene rings is 1. The maximum absolute atomic E-state index is 13.0. The molecule has 1 aliphatic rings. The predicted octanol–water partition coefficient (Wildman–Crippen LogP) is 1.83. The molecule has 1 aliphatic heterocycles. The second-order valence-corrected chi connectivity index (χ2v) is 5.13. The van der Waals surface area contributed by atoms with Crippen molar-refractivity contribution in [2.24, 2.45) is 0 Å². The van der Waals surface area contributed by atoms with Crippen LogP contribution in [0.2, 0.25) is 0 Å². The van der Waals surface area contributed by atoms with Gasteiger partial charge in [0.1, 0.15) is 5.82 Å². The van der Waals surface area contributed by atoms with Gasteiger partial charge in [-0.25, -0.2) is 9.18 Å². The quantitative estimate of drug-likeness (QED) is 0.889. The molecule has 0 aliphatic carbocycles. The fourth-order valence-corrected chi connectivity index (χ4v) is 2.21. The van der Waals surface area contributed by atoms with Crippen molar-refractivity contribution in [3.63, 3.8) is 0 Å². The van der Waals surface area contributed by atoms with Crippen molar-refractivity contribution in [3.8, 4) is 0 Å². The summed E-state index contributed by atoms with van der Waals surface area (Å²) in [6, 6.07) is 5.31. The molecule has 110 valence electrons. The van der Waals surface area contributed by atoms with Crippen molar-refractivity contribution < 1.29 is 19.0 Å². The van der Waals surface area contributed by atoms with Gasteiger partial charge in [0.25, 0.3) is 0 Å². The van der Waals surface area contributed by atoms with Gasteiger partial charge in [-0.2, -0.15) is 0 Å². The van der Waals surface area contributed by atoms with Crippen LogP contribution in [0.15, 0.2) is 24.3 Å². The van der Waals surface area contributed by atoms with Crippen molar-refractivity contribution in [1.29, 1.82) is 0 Å². The maximum atomic E-state index is 13.0. The summed E-state index contributed by atoms with van der Waals surface area (Å²) in [6.45, 7) is 1.21. The van der Waals surface area contributed by atoms with Crippen LogP contribution in [0, 0.1) is 5.82 Å². The van der Waals surface area contributed by atoms with E-state index in [0.29, 0.717) is 31.7 Å². The van der Waals surface area contributed by atoms with Gasteiger partial charge in [-0.3, -0.25) is 0 Å². The first-order chi connectivity index (χ1) is 9.48. The number of rotatable bonds is 3. The highest BCUT2D eigenvalue weighted by molar-refractivity contribution is 5.89. The van der Waals surface area contributed by atoms with Crippen LogP contribution < -0.4 is 5.32 Å². The van der Waals surface area contributed by atoms with Gasteiger partial charge >= 0.3 is 6.03 Å². The second kappa shape index (κ2) is 6.19. The minimum atomic E-state index is -0.910. The van der Waals surface area contributed by atoms with Gasteiger partial charge in [-0.15, -0.1) is 0 Å². The molecule has 0 radical (unpaired) electrons. The molecule has 0 atom stereocenters. The summed E-state index contributed by atoms with van der Waals surface area (Å²) in [7, 11) is 1.60. The Hall–Kier alpha value is -1.66. The Morgan fingerprint density at radius 2 is 2.20 bits per heavy atom. The summed E-state index contributed by atoms with van der Waals surface area (Å²) >= 11 is 0. The van der Waals surface area contributed by atoms with E-state index in [1.807, 2.05) is 0 Å². The van der Waals surface area contributed by atoms with Gasteiger partial charge in [0, 0.05) is 38.8 Å². The molecule has 2 amide bonds. The molecular weight excluding hydrogens is 263 g/mol. The van der Waals surface area contributed by atoms with E-state index in [1.54, 1.807) is 13.1 Å². The zero-order valence-corrected chi connectivity index (χ0v) is 11.4. The number of urea groups is 1. The first-order valence-electron chi connectivity index (χ1n) is 6.56. The third-order valence-electron chi connectivity index (χ3n) is 3.38. The van der Waals surface area contributed by atoms with Gasteiger partial charge in [-0.1, -0.05) is 6.07 Å². The van der Waals surface area contributed by atoms with Crippen LogP contribution in [0.5, 0.6) is 0 Å². The lowest BCUT2D eigenvalue weighted by molar-refractivity contribution is -0.0717. The lowest BCUT2D eigenvalue weighted by Crippen LogP contribution is -2.48. The SMILES string of the molecule is CN(CC1(O)CCOCC1)C(=O)Nc1cccc(F)c1. The summed E-state index contributed by atoms with van der Waals surface area (Å²) in [5.74, 6) is -0.409. The molecule has 1 heterocycles. The third kappa shape index (κ3) is 3.91. The number of hydrogen-bond donors (Lipinski definition) is 2. The number of carbonyl (C=O) groups excluding carboxylic acids is 1. The van der Waals surface area contributed by atoms with Crippen LogP contribution in [0.25, 0.3) is 0 Å². The summed E-state index contributed by atoms with van der Waals surface area (Å²) in [6.07, 6.45) is 1.01. The molecular formula is C14H19FN2O3. The van der Waals surface area contributed by atoms with Crippen LogP contribution in [0.4, 0.5) is 14.9 Å². The van der Waals surface area contributed by atoms with Crippen LogP contribution in [-0.2, 0) is 4.74 Å². The van der Waals surface area contributed by atoms with Crippen molar-refractivity contribution in [1.82, 2.24) is 4.90 Å². The average molecular weight is 282 g/mol. The van der Waals surface area contributed by atoms with Crippen molar-refractivity contribution in [3.05, 3.63) is 30.1 Å². The Morgan fingerprint density at radius 3 is 2.85 bits per heavy atom. The van der Waals surface area contributed by atoms with E-state index in [9.17, 15) is 14.3 Å². The second-order valence-electron chi connectivity index (χ2n) is 5.13. The van der Waals surface area contributed by atoms with E-state index >= 15 is 0 Å². The highest BCUT2D eigenvalue weighted by atomic mass is 19.1. The smallest absolute Gasteiger partial charge is 0.321 e. The molecule has 0 aromatic heterocycles. The van der Waals surface area contributed by atoms with E-state index in [2.05, 4.69) is 5.32 Å². The Morgan fingerprint density at radius 1 is 1.50 bits per heavy atom. The molecule has 1 saturated heterocycles. The Balaban J connectivity index is 1.91. The number of carbonyl (C=O) groups is 1. The molecule has 1 aromatic carbocycles. The van der Waals surface area contributed by atoms with Crippen molar-refractivity contribution in [2.45, 2.75) is 18.4 Å². The molecule has 2 rings (SSSR count). The molecule has 5 nitrogen and oxygen atoms in total. The monoisotopic (exact) mass is 282 g/mol. The minimum absolute atomic E-state index is 0.220. The maximum Gasteiger partial charge on any atom is 0.321 e. The summed E-state index contributed by atoms with van der Waals surface area (Å²) < 4.78 is 18.2. The molecule has 1 aromatic rings. The van der Waals surface area contributed by atoms with Crippen LogP contribution >= 0.6 is 0 Å². The van der Waals surface area contributed by atoms with E-state index in [4.69, 9.17) is 4.74 Å². The number of halogens is 1. The van der Waals surface area contributed by atoms with Crippen LogP contribution in [0.1, 0.15) is 12.8 Å². The number of nitrogens with one attached hydrogen (secondary N) is 1. The summed E-state index contributed by atoms with van der Waals surface area (Å²) in [4.78, 5) is 13.4. The normalized spacial score (nSPS) is 17.6. The van der Waals surface area contributed by atoms with Crippen LogP contribution in [-0.4, -0.2) is 48.4 Å². The van der Waals surface area contributed by atoms with E-state index in [-0.39, 0.29) is 12.6 Å². The first-order valence-corrected chi connectivity index (χ1v) is 6.56. The largest absolute Gasteiger partial charge is 0.388 e. The van der Waals surface area contributed by atoms with Gasteiger partial charge in [0.2, 0.25) is 0 Å². The number of anilines is 1. The average Bonchev–Trinajstić information content (AvgIpc) is 2.39. The van der Waals surface area contributed by atoms with Gasteiger partial charge in [0.05, 0.1) is 12.1 Å². The molecule has 6 heteroatoms. The van der Waals surface area contributed by atoms with Crippen molar-refractivity contribution >= 4 is 11.7 Å². The third-order valence-corrected chi connectivity index (χ3v) is 3.38. The van der Waals surface area contributed by atoms with Crippen LogP contribution in [0.3, 0.4) is 0 Å². The number of aliphatic hydroxyl groups is 1. The van der Waals surface area contributed by atoms with Gasteiger partial charge < -0.3 is 20.1 Å². The molecule has 0 unspecified atom stereocenters. The number of nitrogens with zero attached hydrogens (tertiary/aromatic N) is 1. The fourth-order valence-electron chi connectivity index (χ4n) is 2.21. The Bertz CT molecular complexity index is 475. The molecule has 0 bridgehead atoms. The highest BCUT2D eigenvalue weighted by Crippen LogP contribution is 2.21. The number of hydrogen-bond acceptors (Lipinski definition) is 3. The minimum Gasteiger partial charge on any atom is -0.388 e. The first kappa shape index (κ1) is 14.7. The van der Waals surface area contributed by atoms with E-state index in [1.165, 1.54) is 23.1 Å². The highest BCUT2D eigenvalue weighted by Gasteiger charge is 2.32. The lowest BCUT2D eigenvalue weighted by atomic mass is 9.94. The van der Waals surface area contributed by atoms with Gasteiger partial charge in [0.15, 0.2) is 0 Å². The molecule has 1 fully saturated rings. The summed E-state index contributed by atoms with van der Waals surface area (Å²) in [5, 5.41) is 12.9. The van der Waals surface area contributed by atoms with E-state index < -0.39 is 11.4 Å². The summed E-state index contributed by atoms with van der Waals surface area (Å²) in [5.41, 5.74) is -0.521. The van der Waals surface area contributed by atoms with Gasteiger partial charge in [-0.05, 0) is 18.2 Å². The zero-order valence-electron chi connectivity index (χ0n) is 11.4. The van der Waals surface area contributed by atoms with Crippen molar-refractivity contribution in [2.75, 3.05) is 32.1 Å². The molecule has 0 spiro atoms. The standard InChI is InChI=1S/C14H19FN2O3/c1-17(10-14(19)5-7-20-8-6-14)13(18)16-12-4-2-3-11(15)9-12/h2-4,9,19H,5-8,10H2,1H3,(H,16,18). The number of likely N-dealkylation sites (N-methyl/N-ethyl adjacent to an activating group) is 1. The topological polar surface area (TPSA) is 61.8 Å². The zero-order chi connectivity index (χ0) is 14.6. The number of ether oxygens (including phenoxy) is 1. The Labute approximate surface area is 117 Å². The van der Waals surface area contributed by atoms with E-state index in [0.717, 1.165) is 0 Å². The lowest BCUT2D eigenvalue weighted by Gasteiger charge is -2.35. The molecule has 0 saturated carbocycles. The Kier molecular flexibility index (Phi) is 4.57. The molecule has 2 N–H and O–H groups in total. The predicted molar refractivity (Wildman–Crippen MR) is 73.1 cm³/mol. The number of amides is 2.